The van der Waals surface area contributed by atoms with Crippen molar-refractivity contribution in [3.63, 3.8) is 0 Å². The van der Waals surface area contributed by atoms with Crippen molar-refractivity contribution < 1.29 is 22.3 Å². The van der Waals surface area contributed by atoms with E-state index in [1.165, 1.54) is 50.6 Å². The van der Waals surface area contributed by atoms with E-state index in [9.17, 15) is 17.6 Å². The predicted molar refractivity (Wildman–Crippen MR) is 106 cm³/mol. The number of hydrogen-bond acceptors (Lipinski definition) is 6. The van der Waals surface area contributed by atoms with Gasteiger partial charge in [-0.25, -0.2) is 31.9 Å². The number of hydrogen-bond donors (Lipinski definition) is 0. The first-order valence-electron chi connectivity index (χ1n) is 8.42. The third kappa shape index (κ3) is 4.92. The zero-order valence-electron chi connectivity index (χ0n) is 16.3. The third-order valence-electron chi connectivity index (χ3n) is 3.99. The molecular formula is C19H22FN3O4S. The summed E-state index contributed by atoms with van der Waals surface area (Å²) >= 11 is 0. The lowest BCUT2D eigenvalue weighted by Gasteiger charge is -2.20. The van der Waals surface area contributed by atoms with Crippen molar-refractivity contribution in [2.45, 2.75) is 19.8 Å². The van der Waals surface area contributed by atoms with Crippen LogP contribution in [-0.4, -0.2) is 44.8 Å². The Labute approximate surface area is 163 Å². The first kappa shape index (κ1) is 21.5. The first-order valence-corrected chi connectivity index (χ1v) is 10.3. The number of nitrogens with zero attached hydrogens (tertiary/aromatic N) is 3. The minimum Gasteiger partial charge on any atom is -0.466 e. The summed E-state index contributed by atoms with van der Waals surface area (Å²) in [6, 6.07) is 5.61. The van der Waals surface area contributed by atoms with Crippen LogP contribution < -0.4 is 4.31 Å². The van der Waals surface area contributed by atoms with E-state index in [2.05, 4.69) is 14.7 Å². The Balaban J connectivity index is 2.81. The molecule has 1 heterocycles. The summed E-state index contributed by atoms with van der Waals surface area (Å²) in [5.41, 5.74) is 2.00. The second-order valence-corrected chi connectivity index (χ2v) is 8.43. The number of aromatic nitrogens is 2. The second kappa shape index (κ2) is 8.47. The van der Waals surface area contributed by atoms with E-state index < -0.39 is 21.8 Å². The number of esters is 1. The van der Waals surface area contributed by atoms with Crippen LogP contribution in [0.15, 0.2) is 30.3 Å². The number of carbonyl (C=O) groups is 1. The Morgan fingerprint density at radius 2 is 1.82 bits per heavy atom. The summed E-state index contributed by atoms with van der Waals surface area (Å²) in [4.78, 5) is 20.4. The van der Waals surface area contributed by atoms with Gasteiger partial charge in [-0.3, -0.25) is 0 Å². The largest absolute Gasteiger partial charge is 0.466 e. The maximum Gasteiger partial charge on any atom is 0.330 e. The molecule has 150 valence electrons. The van der Waals surface area contributed by atoms with Gasteiger partial charge in [0, 0.05) is 24.3 Å². The molecule has 0 bridgehead atoms. The molecule has 0 saturated carbocycles. The maximum absolute atomic E-state index is 13.4. The zero-order valence-corrected chi connectivity index (χ0v) is 17.1. The van der Waals surface area contributed by atoms with Crippen molar-refractivity contribution in [3.8, 4) is 11.3 Å². The topological polar surface area (TPSA) is 89.5 Å². The fourth-order valence-electron chi connectivity index (χ4n) is 2.42. The molecule has 0 amide bonds. The molecular weight excluding hydrogens is 385 g/mol. The molecule has 1 aromatic heterocycles. The SMILES string of the molecule is COC(=O)C=Cc1c(-c2ccc(F)cc2)nc(N(C)S(C)(=O)=O)nc1C(C)C. The minimum absolute atomic E-state index is 0.0132. The maximum atomic E-state index is 13.4. The molecule has 0 aliphatic rings. The number of ether oxygens (including phenoxy) is 1. The van der Waals surface area contributed by atoms with Crippen molar-refractivity contribution in [2.24, 2.45) is 0 Å². The molecule has 2 aromatic rings. The van der Waals surface area contributed by atoms with Crippen LogP contribution in [0.3, 0.4) is 0 Å². The molecule has 0 aliphatic heterocycles. The van der Waals surface area contributed by atoms with Crippen molar-refractivity contribution in [1.82, 2.24) is 9.97 Å². The molecule has 0 unspecified atom stereocenters. The summed E-state index contributed by atoms with van der Waals surface area (Å²) in [6.45, 7) is 3.77. The number of benzene rings is 1. The average molecular weight is 407 g/mol. The second-order valence-electron chi connectivity index (χ2n) is 6.42. The molecule has 0 spiro atoms. The van der Waals surface area contributed by atoms with Crippen molar-refractivity contribution in [2.75, 3.05) is 24.7 Å². The van der Waals surface area contributed by atoms with Gasteiger partial charge in [-0.2, -0.15) is 0 Å². The zero-order chi connectivity index (χ0) is 21.1. The predicted octanol–water partition coefficient (Wildman–Crippen LogP) is 2.99. The highest BCUT2D eigenvalue weighted by Gasteiger charge is 2.22. The molecule has 9 heteroatoms. The molecule has 0 radical (unpaired) electrons. The van der Waals surface area contributed by atoms with E-state index in [1.54, 1.807) is 0 Å². The number of halogens is 1. The molecule has 28 heavy (non-hydrogen) atoms. The van der Waals surface area contributed by atoms with E-state index in [1.807, 2.05) is 13.8 Å². The molecule has 0 atom stereocenters. The van der Waals surface area contributed by atoms with E-state index in [0.717, 1.165) is 10.6 Å². The third-order valence-corrected chi connectivity index (χ3v) is 5.15. The summed E-state index contributed by atoms with van der Waals surface area (Å²) in [6.07, 6.45) is 3.80. The van der Waals surface area contributed by atoms with Gasteiger partial charge in [-0.05, 0) is 36.3 Å². The lowest BCUT2D eigenvalue weighted by atomic mass is 9.98. The average Bonchev–Trinajstić information content (AvgIpc) is 2.64. The summed E-state index contributed by atoms with van der Waals surface area (Å²) < 4.78 is 42.9. The lowest BCUT2D eigenvalue weighted by Crippen LogP contribution is -2.27. The molecule has 0 fully saturated rings. The number of anilines is 1. The number of carbonyl (C=O) groups excluding carboxylic acids is 1. The highest BCUT2D eigenvalue weighted by Crippen LogP contribution is 2.31. The van der Waals surface area contributed by atoms with Gasteiger partial charge in [-0.1, -0.05) is 13.8 Å². The Bertz CT molecular complexity index is 1000. The van der Waals surface area contributed by atoms with Crippen LogP contribution in [0.2, 0.25) is 0 Å². The summed E-state index contributed by atoms with van der Waals surface area (Å²) in [5.74, 6) is -1.09. The van der Waals surface area contributed by atoms with Crippen LogP contribution >= 0.6 is 0 Å². The van der Waals surface area contributed by atoms with Gasteiger partial charge in [0.2, 0.25) is 16.0 Å². The Hall–Kier alpha value is -2.81. The van der Waals surface area contributed by atoms with E-state index in [0.29, 0.717) is 22.5 Å². The monoisotopic (exact) mass is 407 g/mol. The fourth-order valence-corrected chi connectivity index (χ4v) is 2.79. The van der Waals surface area contributed by atoms with Gasteiger partial charge in [0.1, 0.15) is 5.82 Å². The smallest absolute Gasteiger partial charge is 0.330 e. The Kier molecular flexibility index (Phi) is 6.50. The van der Waals surface area contributed by atoms with Crippen molar-refractivity contribution in [3.05, 3.63) is 47.4 Å². The van der Waals surface area contributed by atoms with Crippen LogP contribution in [0.4, 0.5) is 10.3 Å². The first-order chi connectivity index (χ1) is 13.0. The van der Waals surface area contributed by atoms with Gasteiger partial charge >= 0.3 is 5.97 Å². The fraction of sp³-hybridized carbons (Fsp3) is 0.316. The van der Waals surface area contributed by atoms with E-state index >= 15 is 0 Å². The Morgan fingerprint density at radius 3 is 2.32 bits per heavy atom. The molecule has 0 saturated heterocycles. The van der Waals surface area contributed by atoms with Crippen molar-refractivity contribution in [1.29, 1.82) is 0 Å². The number of rotatable bonds is 6. The Morgan fingerprint density at radius 1 is 1.21 bits per heavy atom. The van der Waals surface area contributed by atoms with Crippen LogP contribution in [0.5, 0.6) is 0 Å². The van der Waals surface area contributed by atoms with E-state index in [-0.39, 0.29) is 11.9 Å². The standard InChI is InChI=1S/C19H22FN3O4S/c1-12(2)17-15(10-11-16(24)27-4)18(13-6-8-14(20)9-7-13)22-19(21-17)23(3)28(5,25)26/h6-12H,1-5H3. The highest BCUT2D eigenvalue weighted by atomic mass is 32.2. The lowest BCUT2D eigenvalue weighted by molar-refractivity contribution is -0.134. The van der Waals surface area contributed by atoms with Crippen LogP contribution in [0.25, 0.3) is 17.3 Å². The summed E-state index contributed by atoms with van der Waals surface area (Å²) in [5, 5.41) is 0. The van der Waals surface area contributed by atoms with E-state index in [4.69, 9.17) is 0 Å². The molecule has 2 rings (SSSR count). The highest BCUT2D eigenvalue weighted by molar-refractivity contribution is 7.92. The number of methoxy groups -OCH3 is 1. The molecule has 0 aliphatic carbocycles. The van der Waals surface area contributed by atoms with Gasteiger partial charge < -0.3 is 4.74 Å². The van der Waals surface area contributed by atoms with Crippen LogP contribution in [0, 0.1) is 5.82 Å². The van der Waals surface area contributed by atoms with Gasteiger partial charge in [-0.15, -0.1) is 0 Å². The van der Waals surface area contributed by atoms with Gasteiger partial charge in [0.15, 0.2) is 0 Å². The molecule has 0 N–H and O–H groups in total. The molecule has 1 aromatic carbocycles. The van der Waals surface area contributed by atoms with Crippen LogP contribution in [0.1, 0.15) is 31.0 Å². The normalized spacial score (nSPS) is 11.8. The van der Waals surface area contributed by atoms with Gasteiger partial charge in [0.05, 0.1) is 24.8 Å². The minimum atomic E-state index is -3.59. The van der Waals surface area contributed by atoms with Crippen LogP contribution in [-0.2, 0) is 19.6 Å². The quantitative estimate of drug-likeness (QED) is 0.540. The molecule has 7 nitrogen and oxygen atoms in total. The van der Waals surface area contributed by atoms with Gasteiger partial charge in [0.25, 0.3) is 0 Å². The number of sulfonamides is 1. The van der Waals surface area contributed by atoms with Crippen molar-refractivity contribution >= 4 is 28.0 Å². The summed E-state index contributed by atoms with van der Waals surface area (Å²) in [7, 11) is -0.974.